The van der Waals surface area contributed by atoms with Gasteiger partial charge in [-0.05, 0) is 60.9 Å². The second-order valence-corrected chi connectivity index (χ2v) is 6.80. The van der Waals surface area contributed by atoms with Gasteiger partial charge in [0.25, 0.3) is 0 Å². The Morgan fingerprint density at radius 2 is 1.84 bits per heavy atom. The van der Waals surface area contributed by atoms with Crippen LogP contribution in [0.3, 0.4) is 0 Å². The smallest absolute Gasteiger partial charge is 0.305 e. The zero-order valence-corrected chi connectivity index (χ0v) is 14.3. The summed E-state index contributed by atoms with van der Waals surface area (Å²) in [5, 5.41) is 8.97. The molecule has 1 aliphatic carbocycles. The molecule has 0 unspecified atom stereocenters. The Bertz CT molecular complexity index is 824. The molecule has 3 rings (SSSR count). The first-order valence-corrected chi connectivity index (χ1v) is 8.37. The van der Waals surface area contributed by atoms with Gasteiger partial charge in [-0.1, -0.05) is 18.2 Å². The maximum atomic E-state index is 15.2. The van der Waals surface area contributed by atoms with Gasteiger partial charge in [-0.3, -0.25) is 4.79 Å². The predicted molar refractivity (Wildman–Crippen MR) is 92.4 cm³/mol. The van der Waals surface area contributed by atoms with Crippen molar-refractivity contribution < 1.29 is 18.7 Å². The lowest BCUT2D eigenvalue weighted by Gasteiger charge is -2.20. The Hall–Kier alpha value is -2.27. The Labute approximate surface area is 145 Å². The fourth-order valence-electron chi connectivity index (χ4n) is 3.41. The number of carboxylic acids is 1. The highest BCUT2D eigenvalue weighted by Gasteiger charge is 2.33. The van der Waals surface area contributed by atoms with Crippen molar-refractivity contribution in [3.63, 3.8) is 0 Å². The normalized spacial score (nSPS) is 15.2. The molecule has 1 aliphatic rings. The summed E-state index contributed by atoms with van der Waals surface area (Å²) >= 11 is 0. The van der Waals surface area contributed by atoms with E-state index in [2.05, 4.69) is 0 Å². The molecule has 0 spiro atoms. The van der Waals surface area contributed by atoms with Gasteiger partial charge in [0.1, 0.15) is 11.6 Å². The highest BCUT2D eigenvalue weighted by molar-refractivity contribution is 5.74. The Kier molecular flexibility index (Phi) is 4.60. The van der Waals surface area contributed by atoms with Crippen LogP contribution in [0.5, 0.6) is 0 Å². The topological polar surface area (TPSA) is 63.3 Å². The van der Waals surface area contributed by atoms with Crippen LogP contribution in [0.4, 0.5) is 8.78 Å². The molecule has 5 heteroatoms. The molecule has 3 nitrogen and oxygen atoms in total. The first-order valence-electron chi connectivity index (χ1n) is 8.37. The van der Waals surface area contributed by atoms with Crippen molar-refractivity contribution in [2.45, 2.75) is 45.1 Å². The summed E-state index contributed by atoms with van der Waals surface area (Å²) in [7, 11) is 0. The van der Waals surface area contributed by atoms with E-state index in [1.54, 1.807) is 6.07 Å². The molecule has 0 saturated heterocycles. The summed E-state index contributed by atoms with van der Waals surface area (Å²) in [6, 6.07) is 5.99. The van der Waals surface area contributed by atoms with Crippen molar-refractivity contribution in [1.29, 1.82) is 0 Å². The van der Waals surface area contributed by atoms with Gasteiger partial charge in [0, 0.05) is 17.2 Å². The third kappa shape index (κ3) is 3.29. The van der Waals surface area contributed by atoms with Crippen LogP contribution in [0, 0.1) is 25.5 Å². The van der Waals surface area contributed by atoms with Gasteiger partial charge in [0.2, 0.25) is 0 Å². The van der Waals surface area contributed by atoms with Crippen molar-refractivity contribution in [3.8, 4) is 11.1 Å². The average Bonchev–Trinajstić information content (AvgIpc) is 3.33. The van der Waals surface area contributed by atoms with Crippen LogP contribution in [-0.2, 0) is 4.79 Å². The third-order valence-corrected chi connectivity index (χ3v) is 4.80. The van der Waals surface area contributed by atoms with E-state index in [-0.39, 0.29) is 11.5 Å². The number of hydrogen-bond acceptors (Lipinski definition) is 2. The summed E-state index contributed by atoms with van der Waals surface area (Å²) < 4.78 is 30.1. The lowest BCUT2D eigenvalue weighted by molar-refractivity contribution is -0.137. The minimum atomic E-state index is -1.22. The molecule has 132 valence electrons. The molecule has 2 aromatic carbocycles. The van der Waals surface area contributed by atoms with Crippen LogP contribution in [0.15, 0.2) is 24.3 Å². The molecule has 0 aromatic heterocycles. The molecule has 0 aliphatic heterocycles. The van der Waals surface area contributed by atoms with Gasteiger partial charge in [0.15, 0.2) is 0 Å². The number of carboxylic acid groups (broad SMARTS) is 1. The molecule has 1 saturated carbocycles. The highest BCUT2D eigenvalue weighted by atomic mass is 19.1. The van der Waals surface area contributed by atoms with Crippen LogP contribution >= 0.6 is 0 Å². The average molecular weight is 345 g/mol. The Morgan fingerprint density at radius 1 is 1.24 bits per heavy atom. The van der Waals surface area contributed by atoms with E-state index < -0.39 is 30.1 Å². The van der Waals surface area contributed by atoms with Crippen LogP contribution < -0.4 is 5.73 Å². The Balaban J connectivity index is 2.26. The molecule has 3 N–H and O–H groups in total. The van der Waals surface area contributed by atoms with E-state index in [0.717, 1.165) is 24.0 Å². The third-order valence-electron chi connectivity index (χ3n) is 4.80. The monoisotopic (exact) mass is 345 g/mol. The van der Waals surface area contributed by atoms with Crippen molar-refractivity contribution in [1.82, 2.24) is 0 Å². The quantitative estimate of drug-likeness (QED) is 0.832. The maximum Gasteiger partial charge on any atom is 0.305 e. The fourth-order valence-corrected chi connectivity index (χ4v) is 3.41. The number of aliphatic carboxylic acids is 1. The number of halogens is 2. The second kappa shape index (κ2) is 6.56. The van der Waals surface area contributed by atoms with E-state index in [0.29, 0.717) is 16.7 Å². The minimum absolute atomic E-state index is 0.0550. The van der Waals surface area contributed by atoms with Crippen molar-refractivity contribution in [3.05, 3.63) is 58.2 Å². The highest BCUT2D eigenvalue weighted by Crippen LogP contribution is 2.45. The predicted octanol–water partition coefficient (Wildman–Crippen LogP) is 4.60. The van der Waals surface area contributed by atoms with Gasteiger partial charge in [-0.25, -0.2) is 8.78 Å². The summed E-state index contributed by atoms with van der Waals surface area (Å²) in [4.78, 5) is 11.0. The first-order chi connectivity index (χ1) is 11.8. The molecule has 0 amide bonds. The van der Waals surface area contributed by atoms with E-state index in [9.17, 15) is 9.18 Å². The molecule has 2 aromatic rings. The van der Waals surface area contributed by atoms with Crippen LogP contribution in [0.2, 0.25) is 0 Å². The first kappa shape index (κ1) is 17.5. The van der Waals surface area contributed by atoms with Crippen LogP contribution in [0.25, 0.3) is 11.1 Å². The van der Waals surface area contributed by atoms with Crippen LogP contribution in [0.1, 0.15) is 53.5 Å². The van der Waals surface area contributed by atoms with Crippen molar-refractivity contribution >= 4 is 5.97 Å². The van der Waals surface area contributed by atoms with Gasteiger partial charge < -0.3 is 10.8 Å². The number of benzene rings is 2. The summed E-state index contributed by atoms with van der Waals surface area (Å²) in [5.41, 5.74) is 8.75. The van der Waals surface area contributed by atoms with Crippen molar-refractivity contribution in [2.75, 3.05) is 0 Å². The zero-order valence-electron chi connectivity index (χ0n) is 14.3. The lowest BCUT2D eigenvalue weighted by atomic mass is 9.89. The minimum Gasteiger partial charge on any atom is -0.481 e. The zero-order chi connectivity index (χ0) is 18.3. The van der Waals surface area contributed by atoms with Gasteiger partial charge in [-0.15, -0.1) is 0 Å². The summed E-state index contributed by atoms with van der Waals surface area (Å²) in [6.45, 7) is 3.75. The standard InChI is InChI=1S/C20H21F2NO2/c1-10-4-3-5-11(2)17(10)14-8-13(12-6-7-12)19(21)18(20(14)22)15(23)9-16(24)25/h3-5,8,12,15H,6-7,9,23H2,1-2H3,(H,24,25)/t15-/m0/s1. The number of nitrogens with two attached hydrogens (primary N) is 1. The van der Waals surface area contributed by atoms with Crippen LogP contribution in [-0.4, -0.2) is 11.1 Å². The van der Waals surface area contributed by atoms with Crippen molar-refractivity contribution in [2.24, 2.45) is 5.73 Å². The SMILES string of the molecule is Cc1cccc(C)c1-c1cc(C2CC2)c(F)c([C@@H](N)CC(=O)O)c1F. The number of rotatable bonds is 5. The molecule has 1 fully saturated rings. The fraction of sp³-hybridized carbons (Fsp3) is 0.350. The van der Waals surface area contributed by atoms with E-state index in [1.165, 1.54) is 0 Å². The molecule has 25 heavy (non-hydrogen) atoms. The van der Waals surface area contributed by atoms with E-state index >= 15 is 4.39 Å². The van der Waals surface area contributed by atoms with E-state index in [4.69, 9.17) is 10.8 Å². The molecule has 0 radical (unpaired) electrons. The lowest BCUT2D eigenvalue weighted by Crippen LogP contribution is -2.19. The second-order valence-electron chi connectivity index (χ2n) is 6.80. The maximum absolute atomic E-state index is 15.2. The van der Waals surface area contributed by atoms with Gasteiger partial charge in [0.05, 0.1) is 6.42 Å². The molecule has 0 bridgehead atoms. The summed E-state index contributed by atoms with van der Waals surface area (Å²) in [5.74, 6) is -2.58. The molecular formula is C20H21F2NO2. The van der Waals surface area contributed by atoms with Gasteiger partial charge >= 0.3 is 5.97 Å². The summed E-state index contributed by atoms with van der Waals surface area (Å²) in [6.07, 6.45) is 1.18. The number of hydrogen-bond donors (Lipinski definition) is 2. The Morgan fingerprint density at radius 3 is 2.36 bits per heavy atom. The largest absolute Gasteiger partial charge is 0.481 e. The van der Waals surface area contributed by atoms with Gasteiger partial charge in [-0.2, -0.15) is 0 Å². The number of aryl methyl sites for hydroxylation is 2. The molecular weight excluding hydrogens is 324 g/mol. The molecule has 0 heterocycles. The molecule has 1 atom stereocenters. The number of carbonyl (C=O) groups is 1. The van der Waals surface area contributed by atoms with E-state index in [1.807, 2.05) is 32.0 Å².